The lowest BCUT2D eigenvalue weighted by molar-refractivity contribution is -0.137. The van der Waals surface area contributed by atoms with Crippen LogP contribution in [0.4, 0.5) is 51.1 Å². The molecule has 15 N–H and O–H groups in total. The van der Waals surface area contributed by atoms with E-state index in [-0.39, 0.29) is 101 Å². The van der Waals surface area contributed by atoms with E-state index in [2.05, 4.69) is 57.8 Å². The molecule has 2 saturated carbocycles. The molecule has 0 radical (unpaired) electrons. The number of hydrogen-bond acceptors (Lipinski definition) is 31. The van der Waals surface area contributed by atoms with E-state index in [0.717, 1.165) is 72.3 Å². The third kappa shape index (κ3) is 23.4. The fraction of sp³-hybridized carbons (Fsp3) is 0.460. The second kappa shape index (κ2) is 42.8. The summed E-state index contributed by atoms with van der Waals surface area (Å²) in [6.45, 7) is 14.5. The first kappa shape index (κ1) is 91.7. The number of alkyl carbamates (subject to hydrolysis) is 1. The number of fused-ring (bicyclic) bond motifs is 4. The number of amides is 11. The van der Waals surface area contributed by atoms with Gasteiger partial charge in [-0.3, -0.25) is 77.2 Å². The van der Waals surface area contributed by atoms with E-state index in [4.69, 9.17) is 69.8 Å². The van der Waals surface area contributed by atoms with Gasteiger partial charge >= 0.3 is 6.09 Å². The minimum atomic E-state index is -1.04. The second-order valence-electron chi connectivity index (χ2n) is 32.2. The van der Waals surface area contributed by atoms with Gasteiger partial charge in [0.05, 0.1) is 108 Å². The van der Waals surface area contributed by atoms with E-state index >= 15 is 0 Å². The summed E-state index contributed by atoms with van der Waals surface area (Å²) in [4.78, 5) is 159. The topological polar surface area (TPSA) is 524 Å². The van der Waals surface area contributed by atoms with Crippen molar-refractivity contribution in [3.8, 4) is 11.5 Å². The Morgan fingerprint density at radius 3 is 1.31 bits per heavy atom. The number of carbonyl (C=O) groups is 11. The Morgan fingerprint density at radius 1 is 0.488 bits per heavy atom. The van der Waals surface area contributed by atoms with Gasteiger partial charge in [-0.05, 0) is 133 Å². The van der Waals surface area contributed by atoms with Crippen LogP contribution in [0.25, 0.3) is 11.3 Å². The van der Waals surface area contributed by atoms with Crippen LogP contribution in [0.5, 0.6) is 11.5 Å². The van der Waals surface area contributed by atoms with Crippen LogP contribution in [0.3, 0.4) is 0 Å². The fourth-order valence-corrected chi connectivity index (χ4v) is 15.8. The smallest absolute Gasteiger partial charge is 0.407 e. The Labute approximate surface area is 731 Å². The average molecular weight is 1750 g/mol. The summed E-state index contributed by atoms with van der Waals surface area (Å²) >= 11 is 0. The highest BCUT2D eigenvalue weighted by molar-refractivity contribution is 6.26. The van der Waals surface area contributed by atoms with Crippen LogP contribution in [0.1, 0.15) is 171 Å². The molecule has 8 heterocycles. The quantitative estimate of drug-likeness (QED) is 0.0142. The van der Waals surface area contributed by atoms with Crippen molar-refractivity contribution >= 4 is 123 Å². The lowest BCUT2D eigenvalue weighted by Crippen LogP contribution is -2.54. The summed E-state index contributed by atoms with van der Waals surface area (Å²) in [5.74, 6) is -3.25. The standard InChI is InChI=1S/C46H58N10O11.C41H50N10O9/c1-27-24-28(50-39-37(38(47)58)40-49-14-16-55(40)44(54-39)51-31-9-5-6-10-32(31)52-45(62)67-46(2,3)4)26-29(25-27)66-23-22-65-21-20-64-19-18-63-17-15-48-33-11-7-8-30-36(33)43(61)56(42(30)60)34-12-13-35(57)53-41(34)59;1-24-21-25(46-36-34(35(43)53)37-45-11-13-50(37)41(49-36)47-29-7-3-2-6-28(29)42)23-26(22-24)60-20-19-59-18-17-58-16-15-57-14-12-44-30-8-4-5-27-33(30)40(56)51(39(27)55)31-9-10-32(52)48-38(31)54/h7-8,11,14,16,24-26,31-32,34,48,50H,5-6,9-10,12-13,15,17-23H2,1-4H3,(H2,47,58)(H,51,54)(H,52,62)(H,53,57,59);4-5,8,11,13,21-23,28-29,31,44,46H,2-3,6-7,9-10,12,14-20,42H2,1H3,(H2,43,53)(H,47,49)(H,48,52,54)/t31-,32+,34?;28-,29+,31?/m01/s1. The average Bonchev–Trinajstić information content (AvgIpc) is 1.61. The molecule has 6 aliphatic rings. The molecule has 4 aliphatic heterocycles. The Morgan fingerprint density at radius 2 is 0.890 bits per heavy atom. The number of nitrogens with zero attached hydrogens (tertiary/aromatic N) is 8. The molecule has 2 saturated heterocycles. The summed E-state index contributed by atoms with van der Waals surface area (Å²) < 4.78 is 54.8. The molecular weight excluding hydrogens is 1650 g/mol. The number of nitrogens with one attached hydrogen (secondary N) is 9. The number of benzene rings is 4. The molecule has 0 spiro atoms. The molecule has 40 heteroatoms. The summed E-state index contributed by atoms with van der Waals surface area (Å²) in [6, 6.07) is 18.5. The number of aryl methyl sites for hydroxylation is 2. The zero-order chi connectivity index (χ0) is 89.8. The van der Waals surface area contributed by atoms with Gasteiger partial charge in [-0.25, -0.2) is 14.8 Å². The number of primary amides is 2. The molecule has 4 fully saturated rings. The van der Waals surface area contributed by atoms with Crippen molar-refractivity contribution in [2.45, 2.75) is 154 Å². The van der Waals surface area contributed by atoms with Crippen molar-refractivity contribution < 1.29 is 95.4 Å². The zero-order valence-corrected chi connectivity index (χ0v) is 71.5. The summed E-state index contributed by atoms with van der Waals surface area (Å²) in [5.41, 5.74) is 23.2. The molecule has 8 aromatic rings. The van der Waals surface area contributed by atoms with Crippen LogP contribution in [0.15, 0.2) is 97.6 Å². The molecule has 0 bridgehead atoms. The van der Waals surface area contributed by atoms with E-state index in [0.29, 0.717) is 156 Å². The van der Waals surface area contributed by atoms with Gasteiger partial charge < -0.3 is 97.1 Å². The molecular formula is C87H108N20O20. The summed E-state index contributed by atoms with van der Waals surface area (Å²) in [6.07, 6.45) is 13.8. The lowest BCUT2D eigenvalue weighted by Gasteiger charge is -2.34. The Bertz CT molecular complexity index is 5380. The van der Waals surface area contributed by atoms with E-state index in [9.17, 15) is 52.7 Å². The van der Waals surface area contributed by atoms with Crippen molar-refractivity contribution in [2.24, 2.45) is 17.2 Å². The number of imidazole rings is 2. The molecule has 40 nitrogen and oxygen atoms in total. The normalized spacial score (nSPS) is 18.7. The van der Waals surface area contributed by atoms with E-state index < -0.39 is 82.8 Å². The Hall–Kier alpha value is -13.0. The number of piperidine rings is 2. The highest BCUT2D eigenvalue weighted by Crippen LogP contribution is 2.37. The molecule has 11 amide bonds. The van der Waals surface area contributed by atoms with Crippen molar-refractivity contribution in [3.05, 3.63) is 142 Å². The third-order valence-corrected chi connectivity index (χ3v) is 21.7. The lowest BCUT2D eigenvalue weighted by atomic mass is 9.90. The van der Waals surface area contributed by atoms with Crippen LogP contribution < -0.4 is 74.5 Å². The van der Waals surface area contributed by atoms with Gasteiger partial charge in [0, 0.05) is 104 Å². The monoisotopic (exact) mass is 1750 g/mol. The van der Waals surface area contributed by atoms with Gasteiger partial charge in [-0.15, -0.1) is 0 Å². The van der Waals surface area contributed by atoms with Crippen molar-refractivity contribution in [3.63, 3.8) is 0 Å². The zero-order valence-electron chi connectivity index (χ0n) is 71.5. The number of anilines is 8. The maximum atomic E-state index is 13.3. The van der Waals surface area contributed by atoms with Crippen LogP contribution in [-0.4, -0.2) is 251 Å². The Kier molecular flexibility index (Phi) is 30.9. The predicted octanol–water partition coefficient (Wildman–Crippen LogP) is 6.57. The first-order valence-electron chi connectivity index (χ1n) is 42.5. The number of imide groups is 4. The van der Waals surface area contributed by atoms with Crippen LogP contribution in [0, 0.1) is 13.8 Å². The fourth-order valence-electron chi connectivity index (χ4n) is 15.8. The summed E-state index contributed by atoms with van der Waals surface area (Å²) in [7, 11) is 0. The highest BCUT2D eigenvalue weighted by atomic mass is 16.6. The highest BCUT2D eigenvalue weighted by Gasteiger charge is 2.48. The van der Waals surface area contributed by atoms with Crippen LogP contribution in [0.2, 0.25) is 0 Å². The molecule has 2 unspecified atom stereocenters. The molecule has 6 atom stereocenters. The van der Waals surface area contributed by atoms with E-state index in [1.165, 1.54) is 0 Å². The van der Waals surface area contributed by atoms with Gasteiger partial charge in [0.25, 0.3) is 35.4 Å². The number of aromatic nitrogens is 6. The maximum absolute atomic E-state index is 13.3. The first-order valence-corrected chi connectivity index (χ1v) is 42.5. The number of rotatable bonds is 41. The summed E-state index contributed by atoms with van der Waals surface area (Å²) in [5, 5.41) is 27.2. The number of nitrogens with two attached hydrogens (primary N) is 3. The third-order valence-electron chi connectivity index (χ3n) is 21.7. The van der Waals surface area contributed by atoms with Gasteiger partial charge in [0.15, 0.2) is 22.9 Å². The van der Waals surface area contributed by atoms with Crippen molar-refractivity contribution in [2.75, 3.05) is 137 Å². The number of hydrogen-bond donors (Lipinski definition) is 12. The maximum Gasteiger partial charge on any atom is 0.407 e. The minimum absolute atomic E-state index is 0.0140. The van der Waals surface area contributed by atoms with E-state index in [1.54, 1.807) is 76.1 Å². The number of ether oxygens (including phenoxy) is 9. The molecule has 2 aliphatic carbocycles. The predicted molar refractivity (Wildman–Crippen MR) is 464 cm³/mol. The van der Waals surface area contributed by atoms with E-state index in [1.807, 2.05) is 65.0 Å². The Balaban J connectivity index is 0.000000219. The molecule has 4 aromatic heterocycles. The second-order valence-corrected chi connectivity index (χ2v) is 32.2. The minimum Gasteiger partial charge on any atom is -0.491 e. The molecule has 127 heavy (non-hydrogen) atoms. The van der Waals surface area contributed by atoms with Crippen LogP contribution >= 0.6 is 0 Å². The van der Waals surface area contributed by atoms with Gasteiger partial charge in [0.1, 0.15) is 53.5 Å². The first-order chi connectivity index (χ1) is 61.2. The van der Waals surface area contributed by atoms with Crippen molar-refractivity contribution in [1.82, 2.24) is 54.5 Å². The van der Waals surface area contributed by atoms with Crippen LogP contribution in [-0.2, 0) is 52.3 Å². The SMILES string of the molecule is Cc1cc(Nc2nc(N[C@H]3CCCC[C@H]3N)n3ccnc3c2C(N)=O)cc(OCCOCCOCCOCCNc2cccc3c2C(=O)N(C2CCC(=O)NC2=O)C3=O)c1.Cc1cc(Nc2nc(N[C@H]3CCCC[C@H]3NC(=O)OC(C)(C)C)n3ccnc3c2C(N)=O)cc(OCCOCCOCCOCCNc2cccc3c2C(=O)N(C2CCC(=O)NC2=O)C3=O)c1. The van der Waals surface area contributed by atoms with Gasteiger partial charge in [-0.2, -0.15) is 9.97 Å². The molecule has 676 valence electrons. The van der Waals surface area contributed by atoms with Crippen molar-refractivity contribution in [1.29, 1.82) is 0 Å². The molecule has 14 rings (SSSR count). The number of carbonyl (C=O) groups excluding carboxylic acids is 11. The largest absolute Gasteiger partial charge is 0.491 e. The van der Waals surface area contributed by atoms with Gasteiger partial charge in [-0.1, -0.05) is 37.8 Å². The van der Waals surface area contributed by atoms with Gasteiger partial charge in [0.2, 0.25) is 35.5 Å². The molecule has 4 aromatic carbocycles.